The molecule has 1 atom stereocenters. The van der Waals surface area contributed by atoms with Gasteiger partial charge in [-0.05, 0) is 31.9 Å². The Morgan fingerprint density at radius 1 is 1.31 bits per heavy atom. The van der Waals surface area contributed by atoms with Crippen LogP contribution < -0.4 is 21.5 Å². The molecule has 7 nitrogen and oxygen atoms in total. The van der Waals surface area contributed by atoms with Gasteiger partial charge in [0.05, 0.1) is 14.9 Å². The van der Waals surface area contributed by atoms with E-state index in [1.54, 1.807) is 12.1 Å². The zero-order valence-electron chi connectivity index (χ0n) is 16.1. The zero-order valence-corrected chi connectivity index (χ0v) is 18.4. The fourth-order valence-corrected chi connectivity index (χ4v) is 4.91. The van der Waals surface area contributed by atoms with Crippen molar-refractivity contribution in [3.63, 3.8) is 0 Å². The SMILES string of the molecule is CC1=NC(N)(CCN2CCC(Oc3ccc(Cl)c(Cl)c3)CC2)c2sc(N)nc2N1. The van der Waals surface area contributed by atoms with Gasteiger partial charge in [0.2, 0.25) is 0 Å². The summed E-state index contributed by atoms with van der Waals surface area (Å²) in [6, 6.07) is 5.38. The van der Waals surface area contributed by atoms with Gasteiger partial charge in [0, 0.05) is 32.1 Å². The van der Waals surface area contributed by atoms with Gasteiger partial charge < -0.3 is 26.4 Å². The number of amidine groups is 1. The van der Waals surface area contributed by atoms with Crippen LogP contribution in [0.25, 0.3) is 0 Å². The van der Waals surface area contributed by atoms with Crippen LogP contribution in [0.15, 0.2) is 23.2 Å². The van der Waals surface area contributed by atoms with Gasteiger partial charge in [0.15, 0.2) is 10.9 Å². The lowest BCUT2D eigenvalue weighted by atomic mass is 10.0. The van der Waals surface area contributed by atoms with Crippen molar-refractivity contribution in [2.24, 2.45) is 10.7 Å². The van der Waals surface area contributed by atoms with Crippen molar-refractivity contribution in [2.75, 3.05) is 30.7 Å². The van der Waals surface area contributed by atoms with Crippen molar-refractivity contribution in [3.05, 3.63) is 33.1 Å². The number of nitrogen functional groups attached to an aromatic ring is 1. The molecular formula is C19H24Cl2N6OS. The third-order valence-corrected chi connectivity index (χ3v) is 7.03. The molecule has 1 saturated heterocycles. The van der Waals surface area contributed by atoms with Gasteiger partial charge in [0.1, 0.15) is 23.4 Å². The molecule has 3 heterocycles. The Labute approximate surface area is 184 Å². The summed E-state index contributed by atoms with van der Waals surface area (Å²) in [6.07, 6.45) is 2.77. The first-order valence-electron chi connectivity index (χ1n) is 9.55. The lowest BCUT2D eigenvalue weighted by molar-refractivity contribution is 0.0959. The molecule has 0 saturated carbocycles. The molecule has 0 bridgehead atoms. The van der Waals surface area contributed by atoms with Gasteiger partial charge in [-0.25, -0.2) is 9.98 Å². The van der Waals surface area contributed by atoms with E-state index in [2.05, 4.69) is 20.2 Å². The Morgan fingerprint density at radius 3 is 2.79 bits per heavy atom. The number of nitrogens with zero attached hydrogens (tertiary/aromatic N) is 3. The minimum Gasteiger partial charge on any atom is -0.490 e. The number of aliphatic imine (C=N–C) groups is 1. The summed E-state index contributed by atoms with van der Waals surface area (Å²) in [6.45, 7) is 4.64. The first-order valence-corrected chi connectivity index (χ1v) is 11.1. The fraction of sp³-hybridized carbons (Fsp3) is 0.474. The average Bonchev–Trinajstić information content (AvgIpc) is 3.05. The Bertz CT molecular complexity index is 927. The molecule has 5 N–H and O–H groups in total. The van der Waals surface area contributed by atoms with E-state index in [-0.39, 0.29) is 6.10 Å². The number of fused-ring (bicyclic) bond motifs is 1. The summed E-state index contributed by atoms with van der Waals surface area (Å²) in [4.78, 5) is 12.3. The van der Waals surface area contributed by atoms with Crippen LogP contribution in [-0.2, 0) is 5.66 Å². The second-order valence-corrected chi connectivity index (χ2v) is 9.31. The van der Waals surface area contributed by atoms with E-state index in [0.29, 0.717) is 21.6 Å². The minimum atomic E-state index is -0.784. The highest BCUT2D eigenvalue weighted by molar-refractivity contribution is 7.16. The number of hydrogen-bond donors (Lipinski definition) is 3. The van der Waals surface area contributed by atoms with Crippen molar-refractivity contribution in [1.29, 1.82) is 0 Å². The standard InChI is InChI=1S/C19H24Cl2N6OS/c1-11-24-17-16(29-18(22)25-17)19(23,26-11)6-9-27-7-4-12(5-8-27)28-13-2-3-14(20)15(21)10-13/h2-3,10,12H,4-9,23H2,1H3,(H2,22,25)(H,24,26). The van der Waals surface area contributed by atoms with Crippen molar-refractivity contribution in [1.82, 2.24) is 9.88 Å². The molecular weight excluding hydrogens is 431 g/mol. The normalized spacial score (nSPS) is 22.7. The van der Waals surface area contributed by atoms with Gasteiger partial charge in [-0.15, -0.1) is 0 Å². The fourth-order valence-electron chi connectivity index (χ4n) is 3.76. The number of nitrogens with one attached hydrogen (secondary N) is 1. The summed E-state index contributed by atoms with van der Waals surface area (Å²) in [5, 5.41) is 4.70. The molecule has 10 heteroatoms. The molecule has 2 aromatic rings. The molecule has 0 amide bonds. The van der Waals surface area contributed by atoms with Gasteiger partial charge >= 0.3 is 0 Å². The third-order valence-electron chi connectivity index (χ3n) is 5.24. The summed E-state index contributed by atoms with van der Waals surface area (Å²) >= 11 is 13.4. The van der Waals surface area contributed by atoms with Crippen LogP contribution in [0, 0.1) is 0 Å². The molecule has 156 valence electrons. The first kappa shape index (κ1) is 20.7. The Hall–Kier alpha value is -1.58. The maximum atomic E-state index is 6.66. The van der Waals surface area contributed by atoms with Gasteiger partial charge in [-0.2, -0.15) is 0 Å². The highest BCUT2D eigenvalue weighted by atomic mass is 35.5. The number of anilines is 2. The number of likely N-dealkylation sites (tertiary alicyclic amines) is 1. The molecule has 0 radical (unpaired) electrons. The van der Waals surface area contributed by atoms with Crippen molar-refractivity contribution >= 4 is 51.3 Å². The smallest absolute Gasteiger partial charge is 0.182 e. The molecule has 2 aliphatic rings. The summed E-state index contributed by atoms with van der Waals surface area (Å²) in [7, 11) is 0. The van der Waals surface area contributed by atoms with Gasteiger partial charge in [0.25, 0.3) is 0 Å². The molecule has 0 aliphatic carbocycles. The highest BCUT2D eigenvalue weighted by Crippen LogP contribution is 2.39. The van der Waals surface area contributed by atoms with E-state index in [4.69, 9.17) is 39.4 Å². The van der Waals surface area contributed by atoms with Crippen LogP contribution in [0.1, 0.15) is 31.1 Å². The van der Waals surface area contributed by atoms with E-state index in [0.717, 1.165) is 54.8 Å². The Morgan fingerprint density at radius 2 is 2.07 bits per heavy atom. The summed E-state index contributed by atoms with van der Waals surface area (Å²) < 4.78 is 6.07. The van der Waals surface area contributed by atoms with Gasteiger partial charge in [-0.3, -0.25) is 0 Å². The molecule has 29 heavy (non-hydrogen) atoms. The second kappa shape index (κ2) is 8.28. The first-order chi connectivity index (χ1) is 13.8. The Kier molecular flexibility index (Phi) is 5.90. The van der Waals surface area contributed by atoms with Crippen LogP contribution in [0.5, 0.6) is 5.75 Å². The number of halogens is 2. The summed E-state index contributed by atoms with van der Waals surface area (Å²) in [5.41, 5.74) is 11.8. The quantitative estimate of drug-likeness (QED) is 0.632. The lowest BCUT2D eigenvalue weighted by Crippen LogP contribution is -2.44. The van der Waals surface area contributed by atoms with Crippen molar-refractivity contribution in [2.45, 2.75) is 38.0 Å². The number of aromatic nitrogens is 1. The van der Waals surface area contributed by atoms with Crippen LogP contribution in [0.4, 0.5) is 10.9 Å². The number of nitrogens with two attached hydrogens (primary N) is 2. The maximum Gasteiger partial charge on any atom is 0.182 e. The van der Waals surface area contributed by atoms with Crippen LogP contribution >= 0.6 is 34.5 Å². The number of hydrogen-bond acceptors (Lipinski definition) is 8. The maximum absolute atomic E-state index is 6.66. The number of ether oxygens (including phenoxy) is 1. The number of benzene rings is 1. The molecule has 0 spiro atoms. The minimum absolute atomic E-state index is 0.169. The van der Waals surface area contributed by atoms with E-state index in [1.807, 2.05) is 13.0 Å². The number of thiazole rings is 1. The van der Waals surface area contributed by atoms with Crippen molar-refractivity contribution < 1.29 is 4.74 Å². The predicted molar refractivity (Wildman–Crippen MR) is 120 cm³/mol. The van der Waals surface area contributed by atoms with Crippen LogP contribution in [0.2, 0.25) is 10.0 Å². The molecule has 4 rings (SSSR count). The molecule has 1 aromatic carbocycles. The number of piperidine rings is 1. The van der Waals surface area contributed by atoms with Gasteiger partial charge in [-0.1, -0.05) is 34.5 Å². The monoisotopic (exact) mass is 454 g/mol. The molecule has 1 fully saturated rings. The van der Waals surface area contributed by atoms with E-state index in [9.17, 15) is 0 Å². The topological polar surface area (TPSA) is 102 Å². The highest BCUT2D eigenvalue weighted by Gasteiger charge is 2.36. The molecule has 1 aromatic heterocycles. The average molecular weight is 455 g/mol. The van der Waals surface area contributed by atoms with E-state index in [1.165, 1.54) is 11.3 Å². The number of rotatable bonds is 5. The third kappa shape index (κ3) is 4.62. The summed E-state index contributed by atoms with van der Waals surface area (Å²) in [5.74, 6) is 2.25. The van der Waals surface area contributed by atoms with Crippen LogP contribution in [-0.4, -0.2) is 41.5 Å². The Balaban J connectivity index is 1.32. The van der Waals surface area contributed by atoms with Crippen molar-refractivity contribution in [3.8, 4) is 5.75 Å². The predicted octanol–water partition coefficient (Wildman–Crippen LogP) is 3.92. The zero-order chi connectivity index (χ0) is 20.6. The largest absolute Gasteiger partial charge is 0.490 e. The van der Waals surface area contributed by atoms with Crippen LogP contribution in [0.3, 0.4) is 0 Å². The van der Waals surface area contributed by atoms with E-state index >= 15 is 0 Å². The molecule has 2 aliphatic heterocycles. The lowest BCUT2D eigenvalue weighted by Gasteiger charge is -2.35. The van der Waals surface area contributed by atoms with E-state index < -0.39 is 5.66 Å². The molecule has 1 unspecified atom stereocenters. The second-order valence-electron chi connectivity index (χ2n) is 7.46.